The van der Waals surface area contributed by atoms with E-state index < -0.39 is 20.5 Å². The Morgan fingerprint density at radius 2 is 0.945 bits per heavy atom. The molecule has 0 aliphatic heterocycles. The van der Waals surface area contributed by atoms with E-state index in [1.807, 2.05) is 21.1 Å². The lowest BCUT2D eigenvalue weighted by atomic mass is 10.0. The van der Waals surface area contributed by atoms with E-state index in [9.17, 15) is 19.4 Å². The zero-order valence-electron chi connectivity index (χ0n) is 35.6. The van der Waals surface area contributed by atoms with Crippen molar-refractivity contribution in [2.75, 3.05) is 47.5 Å². The molecule has 0 fully saturated rings. The molecule has 0 aromatic carbocycles. The first kappa shape index (κ1) is 52.9. The molecule has 0 amide bonds. The average Bonchev–Trinajstić information content (AvgIpc) is 3.14. The number of phosphoric ester groups is 1. The van der Waals surface area contributed by atoms with Crippen molar-refractivity contribution < 1.29 is 37.6 Å². The number of unbranched alkanes of at least 4 members (excludes halogenated alkanes) is 16. The number of carbonyl (C=O) groups excluding carboxylic acids is 1. The van der Waals surface area contributed by atoms with Crippen LogP contribution in [0.4, 0.5) is 0 Å². The minimum Gasteiger partial charge on any atom is -0.463 e. The van der Waals surface area contributed by atoms with Crippen molar-refractivity contribution >= 4 is 13.8 Å². The Morgan fingerprint density at radius 3 is 1.36 bits per heavy atom. The second kappa shape index (κ2) is 38.8. The normalized spacial score (nSPS) is 14.5. The molecule has 0 saturated carbocycles. The molecule has 55 heavy (non-hydrogen) atoms. The summed E-state index contributed by atoms with van der Waals surface area (Å²) in [4.78, 5) is 21.6. The van der Waals surface area contributed by atoms with E-state index in [0.29, 0.717) is 17.4 Å². The number of likely N-dealkylation sites (N-methyl/N-ethyl adjacent to an activating group) is 1. The molecule has 9 heteroatoms. The SMILES string of the molecule is CC/C=C\C/C=C\C/C=C\C/C=C\C/C=C\C/C=C\CCCCCCCCCCCCCCCCCCC(=O)OCC(O)COP(=O)(O)OCC[N+](C)(C)C. The molecule has 0 saturated heterocycles. The third-order valence-electron chi connectivity index (χ3n) is 8.98. The Labute approximate surface area is 338 Å². The lowest BCUT2D eigenvalue weighted by molar-refractivity contribution is -0.870. The second-order valence-corrected chi connectivity index (χ2v) is 17.0. The van der Waals surface area contributed by atoms with Crippen molar-refractivity contribution in [1.82, 2.24) is 0 Å². The van der Waals surface area contributed by atoms with Gasteiger partial charge in [0.2, 0.25) is 0 Å². The van der Waals surface area contributed by atoms with Gasteiger partial charge in [-0.05, 0) is 57.8 Å². The van der Waals surface area contributed by atoms with Crippen molar-refractivity contribution in [2.24, 2.45) is 0 Å². The number of ether oxygens (including phenoxy) is 1. The first-order chi connectivity index (χ1) is 26.6. The Balaban J connectivity index is 3.44. The second-order valence-electron chi connectivity index (χ2n) is 15.6. The Morgan fingerprint density at radius 1 is 0.564 bits per heavy atom. The molecule has 2 atom stereocenters. The summed E-state index contributed by atoms with van der Waals surface area (Å²) in [5, 5.41) is 9.92. The lowest BCUT2D eigenvalue weighted by Gasteiger charge is -2.24. The molecular weight excluding hydrogens is 709 g/mol. The number of allylic oxidation sites excluding steroid dienone is 12. The van der Waals surface area contributed by atoms with Gasteiger partial charge in [-0.15, -0.1) is 0 Å². The summed E-state index contributed by atoms with van der Waals surface area (Å²) in [5.74, 6) is -0.373. The van der Waals surface area contributed by atoms with Crippen LogP contribution >= 0.6 is 7.82 Å². The Kier molecular flexibility index (Phi) is 37.3. The predicted octanol–water partition coefficient (Wildman–Crippen LogP) is 12.4. The van der Waals surface area contributed by atoms with Crippen LogP contribution in [0.25, 0.3) is 0 Å². The maximum absolute atomic E-state index is 11.9. The van der Waals surface area contributed by atoms with E-state index >= 15 is 0 Å². The molecule has 0 aliphatic carbocycles. The van der Waals surface area contributed by atoms with Crippen LogP contribution < -0.4 is 0 Å². The molecule has 0 rings (SSSR count). The number of hydrogen-bond donors (Lipinski definition) is 2. The zero-order chi connectivity index (χ0) is 40.6. The van der Waals surface area contributed by atoms with Gasteiger partial charge in [0, 0.05) is 6.42 Å². The van der Waals surface area contributed by atoms with Crippen molar-refractivity contribution in [3.05, 3.63) is 72.9 Å². The van der Waals surface area contributed by atoms with Gasteiger partial charge in [-0.25, -0.2) is 4.57 Å². The van der Waals surface area contributed by atoms with Crippen LogP contribution in [-0.4, -0.2) is 74.1 Å². The molecule has 0 aromatic heterocycles. The number of carbonyl (C=O) groups is 1. The van der Waals surface area contributed by atoms with Gasteiger partial charge in [0.1, 0.15) is 25.9 Å². The minimum absolute atomic E-state index is 0.0527. The molecule has 2 N–H and O–H groups in total. The molecule has 8 nitrogen and oxygen atoms in total. The molecule has 0 bridgehead atoms. The topological polar surface area (TPSA) is 102 Å². The number of nitrogens with zero attached hydrogens (tertiary/aromatic N) is 1. The van der Waals surface area contributed by atoms with Crippen LogP contribution in [0, 0.1) is 0 Å². The van der Waals surface area contributed by atoms with Crippen LogP contribution in [0.2, 0.25) is 0 Å². The third-order valence-corrected chi connectivity index (χ3v) is 9.97. The maximum atomic E-state index is 11.9. The Hall–Kier alpha value is -2.06. The molecular formula is C46H83NO7P+. The Bertz CT molecular complexity index is 1110. The van der Waals surface area contributed by atoms with Gasteiger partial charge in [0.15, 0.2) is 0 Å². The van der Waals surface area contributed by atoms with Gasteiger partial charge in [-0.3, -0.25) is 13.8 Å². The summed E-state index contributed by atoms with van der Waals surface area (Å²) in [6.45, 7) is 2.03. The highest BCUT2D eigenvalue weighted by Gasteiger charge is 2.24. The van der Waals surface area contributed by atoms with Crippen LogP contribution in [0.5, 0.6) is 0 Å². The number of quaternary nitrogens is 1. The maximum Gasteiger partial charge on any atom is 0.472 e. The summed E-state index contributed by atoms with van der Waals surface area (Å²) in [6, 6.07) is 0. The minimum atomic E-state index is -4.25. The molecule has 0 heterocycles. The number of rotatable bonds is 39. The molecule has 0 aliphatic rings. The van der Waals surface area contributed by atoms with Crippen molar-refractivity contribution in [3.63, 3.8) is 0 Å². The van der Waals surface area contributed by atoms with E-state index in [2.05, 4.69) is 79.8 Å². The fourth-order valence-corrected chi connectivity index (χ4v) is 6.35. The number of hydrogen-bond acceptors (Lipinski definition) is 6. The summed E-state index contributed by atoms with van der Waals surface area (Å²) in [6.07, 6.45) is 53.8. The van der Waals surface area contributed by atoms with Crippen LogP contribution in [-0.2, 0) is 23.1 Å². The van der Waals surface area contributed by atoms with Gasteiger partial charge in [-0.2, -0.15) is 0 Å². The third kappa shape index (κ3) is 44.5. The largest absolute Gasteiger partial charge is 0.472 e. The van der Waals surface area contributed by atoms with Gasteiger partial charge in [0.25, 0.3) is 0 Å². The number of phosphoric acid groups is 1. The number of aliphatic hydroxyl groups is 1. The van der Waals surface area contributed by atoms with Crippen LogP contribution in [0.1, 0.15) is 161 Å². The molecule has 0 spiro atoms. The van der Waals surface area contributed by atoms with Gasteiger partial charge >= 0.3 is 13.8 Å². The first-order valence-electron chi connectivity index (χ1n) is 21.7. The summed E-state index contributed by atoms with van der Waals surface area (Å²) < 4.78 is 27.2. The molecule has 318 valence electrons. The van der Waals surface area contributed by atoms with Gasteiger partial charge in [0.05, 0.1) is 27.7 Å². The van der Waals surface area contributed by atoms with Crippen molar-refractivity contribution in [2.45, 2.75) is 167 Å². The summed E-state index contributed by atoms with van der Waals surface area (Å²) >= 11 is 0. The van der Waals surface area contributed by atoms with Crippen LogP contribution in [0.15, 0.2) is 72.9 Å². The predicted molar refractivity (Wildman–Crippen MR) is 233 cm³/mol. The van der Waals surface area contributed by atoms with Crippen molar-refractivity contribution in [3.8, 4) is 0 Å². The summed E-state index contributed by atoms with van der Waals surface area (Å²) in [5.41, 5.74) is 0. The first-order valence-corrected chi connectivity index (χ1v) is 23.2. The quantitative estimate of drug-likeness (QED) is 0.0210. The van der Waals surface area contributed by atoms with E-state index in [0.717, 1.165) is 57.8 Å². The number of esters is 1. The fourth-order valence-electron chi connectivity index (χ4n) is 5.60. The standard InChI is InChI=1S/C46H82NO7P/c1-5-6-7-8-9-10-11-12-13-14-15-16-17-18-19-20-21-22-23-24-25-26-27-28-29-30-31-32-33-34-35-36-37-38-39-40-46(49)52-43-45(48)44-54-55(50,51)53-42-41-47(2,3)4/h6-7,9-10,12-13,15-16,18-19,21-22,45,48H,5,8,11,14,17,20,23-44H2,1-4H3/p+1/b7-6-,10-9-,13-12-,16-15-,19-18-,22-21-. The highest BCUT2D eigenvalue weighted by Crippen LogP contribution is 2.43. The fraction of sp³-hybridized carbons (Fsp3) is 0.717. The van der Waals surface area contributed by atoms with E-state index in [4.69, 9.17) is 13.8 Å². The molecule has 2 unspecified atom stereocenters. The smallest absolute Gasteiger partial charge is 0.463 e. The van der Waals surface area contributed by atoms with E-state index in [1.165, 1.54) is 89.9 Å². The molecule has 0 aromatic rings. The highest BCUT2D eigenvalue weighted by molar-refractivity contribution is 7.47. The van der Waals surface area contributed by atoms with E-state index in [-0.39, 0.29) is 19.2 Å². The van der Waals surface area contributed by atoms with E-state index in [1.54, 1.807) is 0 Å². The van der Waals surface area contributed by atoms with Gasteiger partial charge in [-0.1, -0.05) is 170 Å². The lowest BCUT2D eigenvalue weighted by Crippen LogP contribution is -2.37. The average molecular weight is 793 g/mol. The monoisotopic (exact) mass is 793 g/mol. The number of aliphatic hydroxyl groups excluding tert-OH is 1. The highest BCUT2D eigenvalue weighted by atomic mass is 31.2. The zero-order valence-corrected chi connectivity index (χ0v) is 36.5. The molecule has 0 radical (unpaired) electrons. The van der Waals surface area contributed by atoms with Crippen LogP contribution in [0.3, 0.4) is 0 Å². The van der Waals surface area contributed by atoms with Crippen molar-refractivity contribution in [1.29, 1.82) is 0 Å². The summed E-state index contributed by atoms with van der Waals surface area (Å²) in [7, 11) is 1.56. The van der Waals surface area contributed by atoms with Gasteiger partial charge < -0.3 is 19.2 Å².